The normalized spacial score (nSPS) is 11.3. The Kier molecular flexibility index (Phi) is 4.11. The zero-order valence-corrected chi connectivity index (χ0v) is 12.4. The van der Waals surface area contributed by atoms with Crippen molar-refractivity contribution in [2.75, 3.05) is 7.11 Å². The van der Waals surface area contributed by atoms with Gasteiger partial charge in [0.15, 0.2) is 5.69 Å². The van der Waals surface area contributed by atoms with Gasteiger partial charge in [0, 0.05) is 11.8 Å². The minimum Gasteiger partial charge on any atom is -0.479 e. The molecule has 0 radical (unpaired) electrons. The third-order valence-corrected chi connectivity index (χ3v) is 3.23. The quantitative estimate of drug-likeness (QED) is 0.733. The summed E-state index contributed by atoms with van der Waals surface area (Å²) in [4.78, 5) is 8.35. The van der Waals surface area contributed by atoms with Gasteiger partial charge in [-0.2, -0.15) is 18.2 Å². The number of nitrogens with zero attached hydrogens (tertiary/aromatic N) is 4. The molecule has 0 atom stereocenters. The van der Waals surface area contributed by atoms with Crippen molar-refractivity contribution in [3.05, 3.63) is 54.2 Å². The summed E-state index contributed by atoms with van der Waals surface area (Å²) < 4.78 is 43.1. The van der Waals surface area contributed by atoms with Crippen LogP contribution in [0.25, 0.3) is 22.8 Å². The van der Waals surface area contributed by atoms with Crippen LogP contribution in [0, 0.1) is 0 Å². The molecule has 0 saturated heterocycles. The van der Waals surface area contributed by atoms with E-state index in [0.717, 1.165) is 12.1 Å². The first kappa shape index (κ1) is 15.9. The Labute approximate surface area is 135 Å². The van der Waals surface area contributed by atoms with Gasteiger partial charge >= 0.3 is 6.18 Å². The Balaban J connectivity index is 1.99. The van der Waals surface area contributed by atoms with Gasteiger partial charge in [0.05, 0.1) is 12.7 Å². The lowest BCUT2D eigenvalue weighted by atomic mass is 10.1. The smallest absolute Gasteiger partial charge is 0.416 e. The average Bonchev–Trinajstić information content (AvgIpc) is 2.61. The van der Waals surface area contributed by atoms with Crippen molar-refractivity contribution in [3.63, 3.8) is 0 Å². The van der Waals surface area contributed by atoms with Crippen molar-refractivity contribution in [1.82, 2.24) is 20.2 Å². The predicted molar refractivity (Wildman–Crippen MR) is 80.0 cm³/mol. The maximum Gasteiger partial charge on any atom is 0.416 e. The fraction of sp³-hybridized carbons (Fsp3) is 0.125. The van der Waals surface area contributed by atoms with Gasteiger partial charge in [0.1, 0.15) is 5.69 Å². The second-order valence-corrected chi connectivity index (χ2v) is 4.78. The second-order valence-electron chi connectivity index (χ2n) is 4.78. The van der Waals surface area contributed by atoms with Gasteiger partial charge in [-0.25, -0.2) is 0 Å². The first-order valence-electron chi connectivity index (χ1n) is 6.87. The molecule has 2 heterocycles. The summed E-state index contributed by atoms with van der Waals surface area (Å²) >= 11 is 0. The van der Waals surface area contributed by atoms with Gasteiger partial charge in [-0.05, 0) is 24.3 Å². The fourth-order valence-electron chi connectivity index (χ4n) is 2.06. The SMILES string of the molecule is COc1nc(-c2ccccn2)nnc1-c1ccc(C(F)(F)F)cc1. The van der Waals surface area contributed by atoms with E-state index in [4.69, 9.17) is 4.74 Å². The summed E-state index contributed by atoms with van der Waals surface area (Å²) in [6, 6.07) is 9.81. The lowest BCUT2D eigenvalue weighted by molar-refractivity contribution is -0.137. The third-order valence-electron chi connectivity index (χ3n) is 3.23. The molecule has 0 unspecified atom stereocenters. The van der Waals surface area contributed by atoms with E-state index in [-0.39, 0.29) is 17.4 Å². The molecule has 122 valence electrons. The first-order valence-corrected chi connectivity index (χ1v) is 6.87. The molecule has 0 fully saturated rings. The molecule has 0 aliphatic carbocycles. The van der Waals surface area contributed by atoms with Crippen LogP contribution in [0.1, 0.15) is 5.56 Å². The summed E-state index contributed by atoms with van der Waals surface area (Å²) in [5, 5.41) is 8.01. The Morgan fingerprint density at radius 1 is 0.958 bits per heavy atom. The lowest BCUT2D eigenvalue weighted by Gasteiger charge is -2.09. The number of pyridine rings is 1. The number of alkyl halides is 3. The molecule has 5 nitrogen and oxygen atoms in total. The minimum absolute atomic E-state index is 0.158. The van der Waals surface area contributed by atoms with Crippen LogP contribution in [0.5, 0.6) is 5.88 Å². The molecule has 3 rings (SSSR count). The van der Waals surface area contributed by atoms with E-state index >= 15 is 0 Å². The van der Waals surface area contributed by atoms with Gasteiger partial charge in [-0.3, -0.25) is 4.98 Å². The van der Waals surface area contributed by atoms with E-state index in [0.29, 0.717) is 11.3 Å². The topological polar surface area (TPSA) is 60.8 Å². The van der Waals surface area contributed by atoms with Crippen LogP contribution in [0.2, 0.25) is 0 Å². The highest BCUT2D eigenvalue weighted by Crippen LogP contribution is 2.32. The maximum absolute atomic E-state index is 12.6. The highest BCUT2D eigenvalue weighted by Gasteiger charge is 2.30. The van der Waals surface area contributed by atoms with Crippen molar-refractivity contribution < 1.29 is 17.9 Å². The van der Waals surface area contributed by atoms with Gasteiger partial charge in [0.25, 0.3) is 0 Å². The minimum atomic E-state index is -4.39. The van der Waals surface area contributed by atoms with E-state index in [9.17, 15) is 13.2 Å². The number of hydrogen-bond donors (Lipinski definition) is 0. The summed E-state index contributed by atoms with van der Waals surface area (Å²) in [6.45, 7) is 0. The van der Waals surface area contributed by atoms with Crippen LogP contribution in [0.4, 0.5) is 13.2 Å². The van der Waals surface area contributed by atoms with Crippen molar-refractivity contribution in [3.8, 4) is 28.7 Å². The zero-order chi connectivity index (χ0) is 17.2. The summed E-state index contributed by atoms with van der Waals surface area (Å²) in [5.41, 5.74) is 0.455. The lowest BCUT2D eigenvalue weighted by Crippen LogP contribution is -2.05. The maximum atomic E-state index is 12.6. The largest absolute Gasteiger partial charge is 0.479 e. The van der Waals surface area contributed by atoms with Crippen molar-refractivity contribution in [2.45, 2.75) is 6.18 Å². The summed E-state index contributed by atoms with van der Waals surface area (Å²) in [6.07, 6.45) is -2.80. The second kappa shape index (κ2) is 6.23. The van der Waals surface area contributed by atoms with Gasteiger partial charge in [0.2, 0.25) is 11.7 Å². The number of hydrogen-bond acceptors (Lipinski definition) is 5. The molecule has 0 bridgehead atoms. The molecule has 3 aromatic rings. The van der Waals surface area contributed by atoms with E-state index in [1.807, 2.05) is 0 Å². The molecule has 24 heavy (non-hydrogen) atoms. The molecule has 1 aromatic carbocycles. The van der Waals surface area contributed by atoms with Crippen molar-refractivity contribution >= 4 is 0 Å². The van der Waals surface area contributed by atoms with Gasteiger partial charge in [-0.15, -0.1) is 10.2 Å². The third kappa shape index (κ3) is 3.17. The van der Waals surface area contributed by atoms with Crippen LogP contribution in [-0.2, 0) is 6.18 Å². The Hall–Kier alpha value is -3.03. The highest BCUT2D eigenvalue weighted by atomic mass is 19.4. The summed E-state index contributed by atoms with van der Waals surface area (Å²) in [5.74, 6) is 0.425. The highest BCUT2D eigenvalue weighted by molar-refractivity contribution is 5.65. The number of ether oxygens (including phenoxy) is 1. The van der Waals surface area contributed by atoms with Crippen molar-refractivity contribution in [2.24, 2.45) is 0 Å². The molecular weight excluding hydrogens is 321 g/mol. The number of methoxy groups -OCH3 is 1. The number of halogens is 3. The van der Waals surface area contributed by atoms with E-state index in [1.165, 1.54) is 19.2 Å². The van der Waals surface area contributed by atoms with Crippen molar-refractivity contribution in [1.29, 1.82) is 0 Å². The average molecular weight is 332 g/mol. The number of rotatable bonds is 3. The fourth-order valence-corrected chi connectivity index (χ4v) is 2.06. The molecule has 0 amide bonds. The Bertz CT molecular complexity index is 836. The van der Waals surface area contributed by atoms with Gasteiger partial charge < -0.3 is 4.74 Å². The van der Waals surface area contributed by atoms with Gasteiger partial charge in [-0.1, -0.05) is 18.2 Å². The molecule has 0 saturated carbocycles. The van der Waals surface area contributed by atoms with Crippen LogP contribution < -0.4 is 4.74 Å². The summed E-state index contributed by atoms with van der Waals surface area (Å²) in [7, 11) is 1.40. The van der Waals surface area contributed by atoms with E-state index < -0.39 is 11.7 Å². The molecule has 8 heteroatoms. The number of benzene rings is 1. The standard InChI is InChI=1S/C16H11F3N4O/c1-24-15-13(10-5-7-11(8-6-10)16(17,18)19)22-23-14(21-15)12-4-2-3-9-20-12/h2-9H,1H3. The molecule has 0 aliphatic rings. The molecule has 0 N–H and O–H groups in total. The molecule has 2 aromatic heterocycles. The van der Waals surface area contributed by atoms with Crippen LogP contribution in [-0.4, -0.2) is 27.3 Å². The molecule has 0 aliphatic heterocycles. The predicted octanol–water partition coefficient (Wildman–Crippen LogP) is 3.63. The molecular formula is C16H11F3N4O. The van der Waals surface area contributed by atoms with Crippen LogP contribution >= 0.6 is 0 Å². The monoisotopic (exact) mass is 332 g/mol. The van der Waals surface area contributed by atoms with E-state index in [2.05, 4.69) is 20.2 Å². The number of aromatic nitrogens is 4. The van der Waals surface area contributed by atoms with Crippen LogP contribution in [0.15, 0.2) is 48.7 Å². The molecule has 0 spiro atoms. The zero-order valence-electron chi connectivity index (χ0n) is 12.4. The van der Waals surface area contributed by atoms with E-state index in [1.54, 1.807) is 24.4 Å². The Morgan fingerprint density at radius 2 is 1.71 bits per heavy atom. The first-order chi connectivity index (χ1) is 11.5. The van der Waals surface area contributed by atoms with Crippen LogP contribution in [0.3, 0.4) is 0 Å². The Morgan fingerprint density at radius 3 is 2.29 bits per heavy atom.